The third-order valence-corrected chi connectivity index (χ3v) is 6.55. The zero-order valence-electron chi connectivity index (χ0n) is 18.2. The van der Waals surface area contributed by atoms with Crippen molar-refractivity contribution in [2.24, 2.45) is 0 Å². The van der Waals surface area contributed by atoms with Gasteiger partial charge < -0.3 is 19.4 Å². The Morgan fingerprint density at radius 3 is 2.55 bits per heavy atom. The second kappa shape index (κ2) is 10.5. The molecule has 0 saturated heterocycles. The molecule has 0 aliphatic carbocycles. The molecule has 0 bridgehead atoms. The zero-order valence-corrected chi connectivity index (χ0v) is 19.0. The van der Waals surface area contributed by atoms with Gasteiger partial charge in [-0.3, -0.25) is 4.79 Å². The predicted octanol–water partition coefficient (Wildman–Crippen LogP) is 3.18. The average Bonchev–Trinajstić information content (AvgIpc) is 2.78. The largest absolute Gasteiger partial charge is 0.497 e. The number of carbonyl (C=O) groups is 2. The molecular weight excluding hydrogens is 446 g/mol. The molecule has 0 saturated carbocycles. The average molecular weight is 472 g/mol. The van der Waals surface area contributed by atoms with Crippen molar-refractivity contribution >= 4 is 33.1 Å². The molecule has 0 aliphatic heterocycles. The number of carboxylic acid groups (broad SMARTS) is 1. The van der Waals surface area contributed by atoms with Crippen molar-refractivity contribution < 1.29 is 32.6 Å². The number of hydrogen-bond donors (Lipinski definition) is 2. The molecule has 0 spiro atoms. The minimum atomic E-state index is -4.25. The van der Waals surface area contributed by atoms with Crippen LogP contribution >= 0.6 is 0 Å². The van der Waals surface area contributed by atoms with Gasteiger partial charge in [-0.05, 0) is 35.4 Å². The van der Waals surface area contributed by atoms with E-state index in [0.29, 0.717) is 12.2 Å². The number of fused-ring (bicyclic) bond motifs is 1. The molecule has 174 valence electrons. The minimum absolute atomic E-state index is 0.0366. The summed E-state index contributed by atoms with van der Waals surface area (Å²) >= 11 is 0. The molecule has 2 atom stereocenters. The van der Waals surface area contributed by atoms with Crippen LogP contribution in [-0.4, -0.2) is 45.0 Å². The summed E-state index contributed by atoms with van der Waals surface area (Å²) in [5.74, 6) is -0.877. The first-order chi connectivity index (χ1) is 15.7. The summed E-state index contributed by atoms with van der Waals surface area (Å²) in [5.41, 5.74) is 1.05. The molecular formula is C24H25NO7S. The minimum Gasteiger partial charge on any atom is -0.497 e. The maximum absolute atomic E-state index is 12.9. The number of methoxy groups -OCH3 is 1. The Hall–Kier alpha value is -3.43. The third kappa shape index (κ3) is 6.09. The van der Waals surface area contributed by atoms with Gasteiger partial charge in [-0.1, -0.05) is 42.5 Å². The number of nitrogens with one attached hydrogen (secondary N) is 1. The van der Waals surface area contributed by atoms with E-state index in [9.17, 15) is 18.0 Å². The SMILES string of the molecule is COc1ccc(S(=O)(=O)NC(C=O)CC(=O)O)c(OC(C)Cc2cccc3ccccc23)c1. The van der Waals surface area contributed by atoms with Crippen molar-refractivity contribution in [3.63, 3.8) is 0 Å². The van der Waals surface area contributed by atoms with Crippen LogP contribution in [0, 0.1) is 0 Å². The molecule has 33 heavy (non-hydrogen) atoms. The highest BCUT2D eigenvalue weighted by Gasteiger charge is 2.26. The van der Waals surface area contributed by atoms with Gasteiger partial charge in [0.05, 0.1) is 19.6 Å². The van der Waals surface area contributed by atoms with Crippen LogP contribution in [0.25, 0.3) is 10.8 Å². The summed E-state index contributed by atoms with van der Waals surface area (Å²) < 4.78 is 39.2. The van der Waals surface area contributed by atoms with E-state index >= 15 is 0 Å². The summed E-state index contributed by atoms with van der Waals surface area (Å²) in [5, 5.41) is 11.1. The lowest BCUT2D eigenvalue weighted by Gasteiger charge is -2.20. The van der Waals surface area contributed by atoms with E-state index in [4.69, 9.17) is 14.6 Å². The number of ether oxygens (including phenoxy) is 2. The molecule has 0 aliphatic rings. The Kier molecular flexibility index (Phi) is 7.67. The molecule has 3 aromatic carbocycles. The van der Waals surface area contributed by atoms with E-state index in [0.717, 1.165) is 16.3 Å². The van der Waals surface area contributed by atoms with Gasteiger partial charge in [0, 0.05) is 12.5 Å². The quantitative estimate of drug-likeness (QED) is 0.412. The molecule has 2 unspecified atom stereocenters. The van der Waals surface area contributed by atoms with Crippen molar-refractivity contribution in [3.05, 3.63) is 66.2 Å². The molecule has 0 radical (unpaired) electrons. The zero-order chi connectivity index (χ0) is 24.0. The van der Waals surface area contributed by atoms with Crippen LogP contribution in [0.15, 0.2) is 65.6 Å². The lowest BCUT2D eigenvalue weighted by molar-refractivity contribution is -0.138. The van der Waals surface area contributed by atoms with E-state index in [-0.39, 0.29) is 16.9 Å². The maximum atomic E-state index is 12.9. The van der Waals surface area contributed by atoms with Crippen LogP contribution in [0.2, 0.25) is 0 Å². The van der Waals surface area contributed by atoms with Gasteiger partial charge in [-0.2, -0.15) is 0 Å². The Bertz CT molecular complexity index is 1250. The molecule has 0 aromatic heterocycles. The number of benzene rings is 3. The van der Waals surface area contributed by atoms with Gasteiger partial charge in [-0.15, -0.1) is 0 Å². The van der Waals surface area contributed by atoms with Crippen molar-refractivity contribution in [1.29, 1.82) is 0 Å². The fourth-order valence-corrected chi connectivity index (χ4v) is 4.82. The van der Waals surface area contributed by atoms with Gasteiger partial charge in [0.15, 0.2) is 0 Å². The molecule has 2 N–H and O–H groups in total. The second-order valence-corrected chi connectivity index (χ2v) is 9.23. The summed E-state index contributed by atoms with van der Waals surface area (Å²) in [7, 11) is -2.81. The first kappa shape index (κ1) is 24.2. The fraction of sp³-hybridized carbons (Fsp3) is 0.250. The van der Waals surface area contributed by atoms with Crippen LogP contribution in [0.4, 0.5) is 0 Å². The van der Waals surface area contributed by atoms with Crippen molar-refractivity contribution in [3.8, 4) is 11.5 Å². The summed E-state index contributed by atoms with van der Waals surface area (Å²) in [4.78, 5) is 21.9. The van der Waals surface area contributed by atoms with Crippen LogP contribution < -0.4 is 14.2 Å². The maximum Gasteiger partial charge on any atom is 0.305 e. The predicted molar refractivity (Wildman–Crippen MR) is 123 cm³/mol. The number of hydrogen-bond acceptors (Lipinski definition) is 6. The third-order valence-electron chi connectivity index (χ3n) is 5.02. The highest BCUT2D eigenvalue weighted by atomic mass is 32.2. The van der Waals surface area contributed by atoms with E-state index in [1.165, 1.54) is 25.3 Å². The highest BCUT2D eigenvalue weighted by Crippen LogP contribution is 2.30. The molecule has 3 aromatic rings. The summed E-state index contributed by atoms with van der Waals surface area (Å²) in [6.45, 7) is 1.82. The van der Waals surface area contributed by atoms with Gasteiger partial charge in [-0.25, -0.2) is 13.1 Å². The van der Waals surface area contributed by atoms with Crippen LogP contribution in [0.3, 0.4) is 0 Å². The lowest BCUT2D eigenvalue weighted by Crippen LogP contribution is -2.37. The number of aliphatic carboxylic acids is 1. The first-order valence-corrected chi connectivity index (χ1v) is 11.7. The number of rotatable bonds is 11. The Balaban J connectivity index is 1.88. The molecule has 3 rings (SSSR count). The Morgan fingerprint density at radius 1 is 1.12 bits per heavy atom. The topological polar surface area (TPSA) is 119 Å². The second-order valence-electron chi connectivity index (χ2n) is 7.55. The van der Waals surface area contributed by atoms with Crippen molar-refractivity contribution in [2.75, 3.05) is 7.11 Å². The summed E-state index contributed by atoms with van der Waals surface area (Å²) in [6, 6.07) is 16.7. The number of aldehydes is 1. The normalized spacial score (nSPS) is 13.3. The summed E-state index contributed by atoms with van der Waals surface area (Å²) in [6.07, 6.45) is -0.315. The fourth-order valence-electron chi connectivity index (χ4n) is 3.54. The highest BCUT2D eigenvalue weighted by molar-refractivity contribution is 7.89. The van der Waals surface area contributed by atoms with Crippen molar-refractivity contribution in [2.45, 2.75) is 36.8 Å². The van der Waals surface area contributed by atoms with Gasteiger partial charge >= 0.3 is 5.97 Å². The number of carboxylic acids is 1. The number of sulfonamides is 1. The van der Waals surface area contributed by atoms with Crippen LogP contribution in [0.1, 0.15) is 18.9 Å². The molecule has 8 nitrogen and oxygen atoms in total. The van der Waals surface area contributed by atoms with E-state index in [2.05, 4.69) is 4.72 Å². The van der Waals surface area contributed by atoms with E-state index in [1.54, 1.807) is 0 Å². The molecule has 0 heterocycles. The molecule has 0 fully saturated rings. The molecule has 0 amide bonds. The standard InChI is InChI=1S/C24H25NO7S/c1-16(12-18-8-5-7-17-6-3-4-9-21(17)18)32-22-14-20(31-2)10-11-23(22)33(29,30)25-19(15-26)13-24(27)28/h3-11,14-16,19,25H,12-13H2,1-2H3,(H,27,28). The van der Waals surface area contributed by atoms with Gasteiger partial charge in [0.1, 0.15) is 28.8 Å². The lowest BCUT2D eigenvalue weighted by atomic mass is 10.0. The van der Waals surface area contributed by atoms with Gasteiger partial charge in [0.25, 0.3) is 0 Å². The van der Waals surface area contributed by atoms with Crippen LogP contribution in [0.5, 0.6) is 11.5 Å². The number of carbonyl (C=O) groups excluding carboxylic acids is 1. The van der Waals surface area contributed by atoms with E-state index in [1.807, 2.05) is 49.4 Å². The first-order valence-electron chi connectivity index (χ1n) is 10.2. The van der Waals surface area contributed by atoms with Gasteiger partial charge in [0.2, 0.25) is 10.0 Å². The van der Waals surface area contributed by atoms with E-state index < -0.39 is 34.6 Å². The Morgan fingerprint density at radius 2 is 1.85 bits per heavy atom. The van der Waals surface area contributed by atoms with Crippen molar-refractivity contribution in [1.82, 2.24) is 4.72 Å². The van der Waals surface area contributed by atoms with Crippen LogP contribution in [-0.2, 0) is 26.0 Å². The monoisotopic (exact) mass is 471 g/mol. The molecule has 9 heteroatoms. The Labute approximate surface area is 192 Å². The smallest absolute Gasteiger partial charge is 0.305 e.